The summed E-state index contributed by atoms with van der Waals surface area (Å²) in [6.45, 7) is 2.13. The number of halogens is 1. The predicted molar refractivity (Wildman–Crippen MR) is 65.0 cm³/mol. The Balaban J connectivity index is 1.96. The zero-order valence-electron chi connectivity index (χ0n) is 9.59. The molecule has 0 aromatic carbocycles. The van der Waals surface area contributed by atoms with Crippen molar-refractivity contribution in [3.63, 3.8) is 0 Å². The summed E-state index contributed by atoms with van der Waals surface area (Å²) in [7, 11) is 0. The fourth-order valence-electron chi connectivity index (χ4n) is 1.20. The predicted octanol–water partition coefficient (Wildman–Crippen LogP) is 1.16. The summed E-state index contributed by atoms with van der Waals surface area (Å²) in [5.41, 5.74) is 1.71. The third-order valence-corrected chi connectivity index (χ3v) is 2.31. The van der Waals surface area contributed by atoms with Crippen LogP contribution in [0.1, 0.15) is 21.9 Å². The number of hydrogen-bond acceptors (Lipinski definition) is 5. The molecule has 7 heteroatoms. The normalized spacial score (nSPS) is 10.1. The largest absolute Gasteiger partial charge is 0.345 e. The molecule has 0 fully saturated rings. The SMILES string of the molecule is Cc1cnc(CNC(=O)c2cnc(Cl)cn2)cn1. The van der Waals surface area contributed by atoms with Gasteiger partial charge in [0.15, 0.2) is 0 Å². The molecule has 0 saturated carbocycles. The summed E-state index contributed by atoms with van der Waals surface area (Å²) in [5.74, 6) is -0.332. The Morgan fingerprint density at radius 2 is 2.00 bits per heavy atom. The molecular formula is C11H10ClN5O. The molecule has 1 N–H and O–H groups in total. The van der Waals surface area contributed by atoms with Crippen LogP contribution in [0.4, 0.5) is 0 Å². The summed E-state index contributed by atoms with van der Waals surface area (Å²) in [6, 6.07) is 0. The van der Waals surface area contributed by atoms with Gasteiger partial charge < -0.3 is 5.32 Å². The molecule has 0 spiro atoms. The van der Waals surface area contributed by atoms with E-state index >= 15 is 0 Å². The first-order valence-electron chi connectivity index (χ1n) is 5.18. The van der Waals surface area contributed by atoms with E-state index in [1.54, 1.807) is 12.4 Å². The first kappa shape index (κ1) is 12.4. The van der Waals surface area contributed by atoms with Gasteiger partial charge in [0.05, 0.1) is 36.5 Å². The lowest BCUT2D eigenvalue weighted by atomic mass is 10.4. The molecule has 0 aliphatic rings. The van der Waals surface area contributed by atoms with Crippen LogP contribution in [0.25, 0.3) is 0 Å². The van der Waals surface area contributed by atoms with Crippen molar-refractivity contribution < 1.29 is 4.79 Å². The van der Waals surface area contributed by atoms with Crippen molar-refractivity contribution in [2.24, 2.45) is 0 Å². The molecule has 2 aromatic rings. The summed E-state index contributed by atoms with van der Waals surface area (Å²) in [4.78, 5) is 27.5. The van der Waals surface area contributed by atoms with Crippen LogP contribution in [-0.4, -0.2) is 25.8 Å². The summed E-state index contributed by atoms with van der Waals surface area (Å²) in [6.07, 6.45) is 5.90. The highest BCUT2D eigenvalue weighted by Crippen LogP contribution is 2.01. The van der Waals surface area contributed by atoms with E-state index in [0.717, 1.165) is 5.69 Å². The molecule has 2 rings (SSSR count). The molecule has 0 radical (unpaired) electrons. The highest BCUT2D eigenvalue weighted by molar-refractivity contribution is 6.29. The zero-order chi connectivity index (χ0) is 13.0. The van der Waals surface area contributed by atoms with Gasteiger partial charge in [-0.05, 0) is 6.92 Å². The molecule has 0 atom stereocenters. The second-order valence-corrected chi connectivity index (χ2v) is 3.94. The molecule has 18 heavy (non-hydrogen) atoms. The fraction of sp³-hybridized carbons (Fsp3) is 0.182. The minimum atomic E-state index is -0.332. The van der Waals surface area contributed by atoms with Crippen molar-refractivity contribution in [1.29, 1.82) is 0 Å². The van der Waals surface area contributed by atoms with Crippen LogP contribution in [0.3, 0.4) is 0 Å². The van der Waals surface area contributed by atoms with Gasteiger partial charge in [0, 0.05) is 6.20 Å². The van der Waals surface area contributed by atoms with Gasteiger partial charge in [0.25, 0.3) is 5.91 Å². The topological polar surface area (TPSA) is 80.7 Å². The average Bonchev–Trinajstić information content (AvgIpc) is 2.38. The summed E-state index contributed by atoms with van der Waals surface area (Å²) < 4.78 is 0. The Morgan fingerprint density at radius 1 is 1.17 bits per heavy atom. The van der Waals surface area contributed by atoms with Gasteiger partial charge in [0.2, 0.25) is 0 Å². The number of aryl methyl sites for hydroxylation is 1. The molecule has 0 bridgehead atoms. The standard InChI is InChI=1S/C11H10ClN5O/c1-7-2-14-8(3-13-7)4-17-11(18)9-5-16-10(12)6-15-9/h2-3,5-6H,4H2,1H3,(H,17,18). The number of amides is 1. The Bertz CT molecular complexity index is 540. The van der Waals surface area contributed by atoms with Gasteiger partial charge in [-0.3, -0.25) is 14.8 Å². The minimum absolute atomic E-state index is 0.208. The maximum absolute atomic E-state index is 11.7. The van der Waals surface area contributed by atoms with Crippen molar-refractivity contribution in [2.45, 2.75) is 13.5 Å². The van der Waals surface area contributed by atoms with E-state index in [4.69, 9.17) is 11.6 Å². The number of aromatic nitrogens is 4. The van der Waals surface area contributed by atoms with Gasteiger partial charge in [-0.1, -0.05) is 11.6 Å². The second kappa shape index (κ2) is 5.50. The maximum atomic E-state index is 11.7. The smallest absolute Gasteiger partial charge is 0.271 e. The molecule has 2 aromatic heterocycles. The van der Waals surface area contributed by atoms with Crippen LogP contribution in [0.5, 0.6) is 0 Å². The number of carbonyl (C=O) groups excluding carboxylic acids is 1. The van der Waals surface area contributed by atoms with Gasteiger partial charge in [-0.15, -0.1) is 0 Å². The van der Waals surface area contributed by atoms with Crippen molar-refractivity contribution >= 4 is 17.5 Å². The molecule has 0 aliphatic carbocycles. The number of carbonyl (C=O) groups is 1. The minimum Gasteiger partial charge on any atom is -0.345 e. The number of nitrogens with one attached hydrogen (secondary N) is 1. The van der Waals surface area contributed by atoms with Crippen LogP contribution in [-0.2, 0) is 6.54 Å². The number of rotatable bonds is 3. The summed E-state index contributed by atoms with van der Waals surface area (Å²) >= 11 is 5.58. The molecule has 0 saturated heterocycles. The van der Waals surface area contributed by atoms with E-state index in [1.807, 2.05) is 6.92 Å². The number of hydrogen-bond donors (Lipinski definition) is 1. The van der Waals surface area contributed by atoms with Crippen molar-refractivity contribution in [2.75, 3.05) is 0 Å². The third-order valence-electron chi connectivity index (χ3n) is 2.12. The third kappa shape index (κ3) is 3.21. The van der Waals surface area contributed by atoms with Crippen LogP contribution in [0, 0.1) is 6.92 Å². The van der Waals surface area contributed by atoms with E-state index in [0.29, 0.717) is 5.69 Å². The molecular weight excluding hydrogens is 254 g/mol. The fourth-order valence-corrected chi connectivity index (χ4v) is 1.30. The van der Waals surface area contributed by atoms with Gasteiger partial charge >= 0.3 is 0 Å². The van der Waals surface area contributed by atoms with E-state index in [1.165, 1.54) is 12.4 Å². The molecule has 0 unspecified atom stereocenters. The molecule has 2 heterocycles. The average molecular weight is 264 g/mol. The highest BCUT2D eigenvalue weighted by atomic mass is 35.5. The Morgan fingerprint density at radius 3 is 2.61 bits per heavy atom. The Labute approximate surface area is 108 Å². The highest BCUT2D eigenvalue weighted by Gasteiger charge is 2.07. The van der Waals surface area contributed by atoms with E-state index in [2.05, 4.69) is 25.3 Å². The lowest BCUT2D eigenvalue weighted by Gasteiger charge is -2.03. The second-order valence-electron chi connectivity index (χ2n) is 3.56. The van der Waals surface area contributed by atoms with Crippen molar-refractivity contribution in [3.05, 3.63) is 47.0 Å². The van der Waals surface area contributed by atoms with E-state index in [-0.39, 0.29) is 23.3 Å². The van der Waals surface area contributed by atoms with Gasteiger partial charge in [-0.2, -0.15) is 0 Å². The van der Waals surface area contributed by atoms with Gasteiger partial charge in [0.1, 0.15) is 10.8 Å². The molecule has 92 valence electrons. The van der Waals surface area contributed by atoms with Crippen LogP contribution in [0.2, 0.25) is 5.15 Å². The van der Waals surface area contributed by atoms with E-state index < -0.39 is 0 Å². The lowest BCUT2D eigenvalue weighted by molar-refractivity contribution is 0.0945. The van der Waals surface area contributed by atoms with Crippen molar-refractivity contribution in [1.82, 2.24) is 25.3 Å². The molecule has 6 nitrogen and oxygen atoms in total. The number of nitrogens with zero attached hydrogens (tertiary/aromatic N) is 4. The van der Waals surface area contributed by atoms with Crippen LogP contribution >= 0.6 is 11.6 Å². The van der Waals surface area contributed by atoms with E-state index in [9.17, 15) is 4.79 Å². The maximum Gasteiger partial charge on any atom is 0.271 e. The Kier molecular flexibility index (Phi) is 3.78. The first-order chi connectivity index (χ1) is 8.65. The van der Waals surface area contributed by atoms with Crippen molar-refractivity contribution in [3.8, 4) is 0 Å². The Hall–Kier alpha value is -2.08. The van der Waals surface area contributed by atoms with Crippen LogP contribution in [0.15, 0.2) is 24.8 Å². The van der Waals surface area contributed by atoms with Gasteiger partial charge in [-0.25, -0.2) is 9.97 Å². The quantitative estimate of drug-likeness (QED) is 0.899. The zero-order valence-corrected chi connectivity index (χ0v) is 10.3. The summed E-state index contributed by atoms with van der Waals surface area (Å²) in [5, 5.41) is 2.91. The first-order valence-corrected chi connectivity index (χ1v) is 5.56. The monoisotopic (exact) mass is 263 g/mol. The lowest BCUT2D eigenvalue weighted by Crippen LogP contribution is -2.24. The molecule has 0 aliphatic heterocycles. The van der Waals surface area contributed by atoms with Crippen LogP contribution < -0.4 is 5.32 Å². The molecule has 1 amide bonds.